The summed E-state index contributed by atoms with van der Waals surface area (Å²) in [7, 11) is 0. The second-order valence-corrected chi connectivity index (χ2v) is 11.1. The topological polar surface area (TPSA) is 59.2 Å². The Labute approximate surface area is 252 Å². The van der Waals surface area contributed by atoms with Gasteiger partial charge in [0, 0.05) is 17.1 Å². The number of rotatable bonds is 3. The molecule has 2 heterocycles. The van der Waals surface area contributed by atoms with Crippen molar-refractivity contribution in [3.8, 4) is 39.5 Å². The number of hydrogen-bond donors (Lipinski definition) is 1. The van der Waals surface area contributed by atoms with Crippen LogP contribution in [0.4, 0.5) is 0 Å². The van der Waals surface area contributed by atoms with Crippen LogP contribution >= 0.6 is 0 Å². The maximum Gasteiger partial charge on any atom is 0.227 e. The third-order valence-electron chi connectivity index (χ3n) is 8.66. The molecule has 0 radical (unpaired) electrons. The van der Waals surface area contributed by atoms with Gasteiger partial charge in [-0.25, -0.2) is 4.98 Å². The van der Waals surface area contributed by atoms with Crippen molar-refractivity contribution >= 4 is 54.3 Å². The molecule has 7 aromatic carbocycles. The fourth-order valence-corrected chi connectivity index (χ4v) is 6.61. The molecule has 9 aromatic rings. The molecular formula is C40H24N2O2. The number of benzene rings is 7. The molecule has 4 heteroatoms. The molecule has 44 heavy (non-hydrogen) atoms. The molecule has 0 unspecified atom stereocenters. The lowest BCUT2D eigenvalue weighted by molar-refractivity contribution is 0.480. The highest BCUT2D eigenvalue weighted by Gasteiger charge is 2.17. The number of oxazole rings is 1. The van der Waals surface area contributed by atoms with Gasteiger partial charge in [0.2, 0.25) is 5.89 Å². The predicted molar refractivity (Wildman–Crippen MR) is 180 cm³/mol. The van der Waals surface area contributed by atoms with Gasteiger partial charge < -0.3 is 9.52 Å². The first kappa shape index (κ1) is 24.6. The summed E-state index contributed by atoms with van der Waals surface area (Å²) >= 11 is 0. The smallest absolute Gasteiger partial charge is 0.227 e. The number of phenolic OH excluding ortho intramolecular Hbond substituents is 1. The van der Waals surface area contributed by atoms with Crippen molar-refractivity contribution in [2.75, 3.05) is 0 Å². The van der Waals surface area contributed by atoms with Crippen molar-refractivity contribution < 1.29 is 9.52 Å². The minimum Gasteiger partial charge on any atom is -0.506 e. The molecule has 0 spiro atoms. The lowest BCUT2D eigenvalue weighted by Gasteiger charge is -2.17. The molecule has 0 fully saturated rings. The van der Waals surface area contributed by atoms with Gasteiger partial charge in [-0.05, 0) is 103 Å². The maximum absolute atomic E-state index is 10.6. The average molecular weight is 565 g/mol. The van der Waals surface area contributed by atoms with Gasteiger partial charge in [-0.1, -0.05) is 84.9 Å². The standard InChI is InChI=1S/C40H24N2O2/c43-36-21-20-31(33-11-6-22-41-39(33)36)38-28-8-2-1-7-26(28)23-34-29-10-5-9-27(30(29)18-19-32(34)38)24-14-16-25(17-15-24)40-42-35-12-3-4-13-37(35)44-40/h1-23,43H. The second-order valence-electron chi connectivity index (χ2n) is 11.1. The summed E-state index contributed by atoms with van der Waals surface area (Å²) in [6.45, 7) is 0. The van der Waals surface area contributed by atoms with Gasteiger partial charge in [0.05, 0.1) is 0 Å². The van der Waals surface area contributed by atoms with Gasteiger partial charge in [0.1, 0.15) is 16.8 Å². The van der Waals surface area contributed by atoms with E-state index in [-0.39, 0.29) is 5.75 Å². The quantitative estimate of drug-likeness (QED) is 0.171. The maximum atomic E-state index is 10.6. The molecule has 0 bridgehead atoms. The van der Waals surface area contributed by atoms with E-state index >= 15 is 0 Å². The minimum absolute atomic E-state index is 0.186. The number of phenols is 1. The minimum atomic E-state index is 0.186. The van der Waals surface area contributed by atoms with Gasteiger partial charge in [0.15, 0.2) is 5.58 Å². The summed E-state index contributed by atoms with van der Waals surface area (Å²) in [6.07, 6.45) is 1.72. The third-order valence-corrected chi connectivity index (χ3v) is 8.66. The normalized spacial score (nSPS) is 11.7. The molecule has 0 atom stereocenters. The third kappa shape index (κ3) is 3.71. The van der Waals surface area contributed by atoms with Crippen molar-refractivity contribution in [2.45, 2.75) is 0 Å². The van der Waals surface area contributed by atoms with E-state index < -0.39 is 0 Å². The van der Waals surface area contributed by atoms with Gasteiger partial charge in [-0.3, -0.25) is 4.98 Å². The number of nitrogens with zero attached hydrogens (tertiary/aromatic N) is 2. The fraction of sp³-hybridized carbons (Fsp3) is 0. The van der Waals surface area contributed by atoms with Gasteiger partial charge in [0.25, 0.3) is 0 Å². The van der Waals surface area contributed by atoms with Crippen molar-refractivity contribution in [3.63, 3.8) is 0 Å². The Morgan fingerprint density at radius 2 is 1.30 bits per heavy atom. The van der Waals surface area contributed by atoms with E-state index in [0.29, 0.717) is 11.4 Å². The van der Waals surface area contributed by atoms with Gasteiger partial charge in [-0.15, -0.1) is 0 Å². The summed E-state index contributed by atoms with van der Waals surface area (Å²) in [6, 6.07) is 45.8. The van der Waals surface area contributed by atoms with E-state index in [4.69, 9.17) is 4.42 Å². The highest BCUT2D eigenvalue weighted by Crippen LogP contribution is 2.44. The first-order valence-electron chi connectivity index (χ1n) is 14.6. The Bertz CT molecular complexity index is 2530. The summed E-state index contributed by atoms with van der Waals surface area (Å²) in [5.41, 5.74) is 7.70. The molecule has 0 saturated carbocycles. The van der Waals surface area contributed by atoms with E-state index in [1.54, 1.807) is 12.3 Å². The van der Waals surface area contributed by atoms with E-state index in [2.05, 4.69) is 94.9 Å². The van der Waals surface area contributed by atoms with Crippen LogP contribution in [0, 0.1) is 0 Å². The van der Waals surface area contributed by atoms with Crippen LogP contribution in [-0.4, -0.2) is 15.1 Å². The molecule has 1 N–H and O–H groups in total. The first-order chi connectivity index (χ1) is 21.7. The molecule has 0 saturated heterocycles. The predicted octanol–water partition coefficient (Wildman–Crippen LogP) is 10.5. The van der Waals surface area contributed by atoms with Crippen molar-refractivity contribution in [1.82, 2.24) is 9.97 Å². The summed E-state index contributed by atoms with van der Waals surface area (Å²) in [5, 5.41) is 18.6. The van der Waals surface area contributed by atoms with Crippen LogP contribution < -0.4 is 0 Å². The molecule has 206 valence electrons. The van der Waals surface area contributed by atoms with Crippen LogP contribution in [0.1, 0.15) is 0 Å². The highest BCUT2D eigenvalue weighted by molar-refractivity contribution is 6.23. The molecular weight excluding hydrogens is 540 g/mol. The van der Waals surface area contributed by atoms with Crippen LogP contribution in [0.3, 0.4) is 0 Å². The zero-order valence-corrected chi connectivity index (χ0v) is 23.5. The van der Waals surface area contributed by atoms with Crippen LogP contribution in [0.25, 0.3) is 88.0 Å². The van der Waals surface area contributed by atoms with Gasteiger partial charge >= 0.3 is 0 Å². The largest absolute Gasteiger partial charge is 0.506 e. The van der Waals surface area contributed by atoms with Crippen LogP contribution in [0.15, 0.2) is 144 Å². The Morgan fingerprint density at radius 1 is 0.523 bits per heavy atom. The molecule has 9 rings (SSSR count). The SMILES string of the molecule is Oc1ccc(-c2c3ccccc3cc3c2ccc2c(-c4ccc(-c5nc6ccccc6o5)cc4)cccc23)c2cccnc12. The highest BCUT2D eigenvalue weighted by atomic mass is 16.3. The fourth-order valence-electron chi connectivity index (χ4n) is 6.61. The summed E-state index contributed by atoms with van der Waals surface area (Å²) in [4.78, 5) is 9.17. The van der Waals surface area contributed by atoms with E-state index in [1.807, 2.05) is 42.5 Å². The molecule has 0 amide bonds. The lowest BCUT2D eigenvalue weighted by atomic mass is 9.87. The molecule has 4 nitrogen and oxygen atoms in total. The second kappa shape index (κ2) is 9.51. The number of pyridine rings is 1. The number of aromatic nitrogens is 2. The van der Waals surface area contributed by atoms with Crippen LogP contribution in [0.5, 0.6) is 5.75 Å². The molecule has 0 aliphatic heterocycles. The molecule has 0 aliphatic rings. The van der Waals surface area contributed by atoms with E-state index in [1.165, 1.54) is 32.5 Å². The lowest BCUT2D eigenvalue weighted by Crippen LogP contribution is -1.90. The molecule has 0 aliphatic carbocycles. The zero-order valence-electron chi connectivity index (χ0n) is 23.5. The van der Waals surface area contributed by atoms with Crippen LogP contribution in [-0.2, 0) is 0 Å². The Balaban J connectivity index is 1.25. The first-order valence-corrected chi connectivity index (χ1v) is 14.6. The number of hydrogen-bond acceptors (Lipinski definition) is 4. The Hall–Kier alpha value is -6.00. The van der Waals surface area contributed by atoms with Crippen molar-refractivity contribution in [1.29, 1.82) is 0 Å². The van der Waals surface area contributed by atoms with E-state index in [9.17, 15) is 5.11 Å². The summed E-state index contributed by atoms with van der Waals surface area (Å²) < 4.78 is 6.01. The van der Waals surface area contributed by atoms with Crippen LogP contribution in [0.2, 0.25) is 0 Å². The summed E-state index contributed by atoms with van der Waals surface area (Å²) in [5.74, 6) is 0.809. The number of aromatic hydroxyl groups is 1. The van der Waals surface area contributed by atoms with E-state index in [0.717, 1.165) is 44.1 Å². The van der Waals surface area contributed by atoms with Gasteiger partial charge in [-0.2, -0.15) is 0 Å². The molecule has 2 aromatic heterocycles. The monoisotopic (exact) mass is 564 g/mol. The Kier molecular flexibility index (Phi) is 5.32. The Morgan fingerprint density at radius 3 is 2.20 bits per heavy atom. The van der Waals surface area contributed by atoms with Crippen molar-refractivity contribution in [2.24, 2.45) is 0 Å². The zero-order chi connectivity index (χ0) is 29.2. The van der Waals surface area contributed by atoms with Crippen molar-refractivity contribution in [3.05, 3.63) is 140 Å². The average Bonchev–Trinajstić information content (AvgIpc) is 3.52. The number of fused-ring (bicyclic) bond motifs is 6. The number of para-hydroxylation sites is 2.